The molecule has 1 saturated heterocycles. The fourth-order valence-corrected chi connectivity index (χ4v) is 4.05. The number of hydrogen-bond donors (Lipinski definition) is 3. The third kappa shape index (κ3) is 6.05. The minimum absolute atomic E-state index is 0.0364. The number of rotatable bonds is 9. The van der Waals surface area contributed by atoms with Crippen molar-refractivity contribution in [3.8, 4) is 0 Å². The largest absolute Gasteiger partial charge is 0.368 e. The van der Waals surface area contributed by atoms with Gasteiger partial charge in [-0.15, -0.1) is 11.3 Å². The van der Waals surface area contributed by atoms with Crippen molar-refractivity contribution in [1.82, 2.24) is 15.2 Å². The Labute approximate surface area is 168 Å². The number of aliphatic hydroxyl groups is 1. The first kappa shape index (κ1) is 22.4. The number of allylic oxidation sites excluding steroid dienone is 3. The average molecular weight is 419 g/mol. The molecule has 6 nitrogen and oxygen atoms in total. The normalized spacial score (nSPS) is 23.2. The molecule has 2 heterocycles. The van der Waals surface area contributed by atoms with E-state index in [1.165, 1.54) is 24.5 Å². The van der Waals surface area contributed by atoms with Crippen molar-refractivity contribution in [3.05, 3.63) is 39.1 Å². The average Bonchev–Trinajstić information content (AvgIpc) is 3.34. The van der Waals surface area contributed by atoms with E-state index in [1.54, 1.807) is 20.0 Å². The number of halogens is 2. The van der Waals surface area contributed by atoms with Gasteiger partial charge in [0.1, 0.15) is 17.0 Å². The van der Waals surface area contributed by atoms with Gasteiger partial charge in [0.2, 0.25) is 0 Å². The highest BCUT2D eigenvalue weighted by Crippen LogP contribution is 2.29. The molecule has 0 radical (unpaired) electrons. The van der Waals surface area contributed by atoms with Crippen LogP contribution in [0.25, 0.3) is 0 Å². The van der Waals surface area contributed by atoms with Gasteiger partial charge in [0.25, 0.3) is 0 Å². The van der Waals surface area contributed by atoms with Crippen molar-refractivity contribution in [3.63, 3.8) is 0 Å². The van der Waals surface area contributed by atoms with Gasteiger partial charge < -0.3 is 15.6 Å². The van der Waals surface area contributed by atoms with E-state index >= 15 is 0 Å². The first-order valence-electron chi connectivity index (χ1n) is 8.91. The maximum Gasteiger partial charge on any atom is 0.155 e. The number of likely N-dealkylation sites (tertiary alicyclic amines) is 1. The highest BCUT2D eigenvalue weighted by Gasteiger charge is 2.32. The van der Waals surface area contributed by atoms with Crippen LogP contribution in [0.4, 0.5) is 4.39 Å². The first-order chi connectivity index (χ1) is 12.9. The molecule has 3 unspecified atom stereocenters. The summed E-state index contributed by atoms with van der Waals surface area (Å²) >= 11 is 7.75. The molecule has 4 N–H and O–H groups in total. The fourth-order valence-electron chi connectivity index (χ4n) is 3.08. The smallest absolute Gasteiger partial charge is 0.155 e. The monoisotopic (exact) mass is 418 g/mol. The van der Waals surface area contributed by atoms with Crippen LogP contribution in [0.5, 0.6) is 0 Å². The molecular weight excluding hydrogens is 391 g/mol. The number of methoxy groups -OCH3 is 1. The van der Waals surface area contributed by atoms with E-state index in [0.717, 1.165) is 24.5 Å². The zero-order valence-corrected chi connectivity index (χ0v) is 17.4. The fraction of sp³-hybridized carbons (Fsp3) is 0.611. The summed E-state index contributed by atoms with van der Waals surface area (Å²) in [4.78, 5) is 6.65. The van der Waals surface area contributed by atoms with Crippen LogP contribution >= 0.6 is 22.9 Å². The Morgan fingerprint density at radius 3 is 2.93 bits per heavy atom. The lowest BCUT2D eigenvalue weighted by Crippen LogP contribution is -2.45. The van der Waals surface area contributed by atoms with Crippen LogP contribution in [0.15, 0.2) is 34.1 Å². The molecule has 152 valence electrons. The Hall–Kier alpha value is -0.870. The standard InChI is InChI=1S/C18H28ClFN4O2S/c1-4-13(20)16(19)11(2)14(9-15(25)26-3)23-17(18-22-6-8-27-18)24-7-5-12(21)10-24/h4,6,8,12,14-15,17,23,25H,5,7,9-10,21H2,1-3H3/b13-4+,16-11-/t12-,14?,15?,17?/m0/s1. The third-order valence-electron chi connectivity index (χ3n) is 4.71. The number of aliphatic hydroxyl groups excluding tert-OH is 1. The molecule has 27 heavy (non-hydrogen) atoms. The maximum absolute atomic E-state index is 14.0. The number of thiazole rings is 1. The number of nitrogens with one attached hydrogen (secondary N) is 1. The van der Waals surface area contributed by atoms with Crippen LogP contribution in [-0.2, 0) is 4.74 Å². The predicted octanol–water partition coefficient (Wildman–Crippen LogP) is 2.87. The van der Waals surface area contributed by atoms with Crippen LogP contribution in [0.2, 0.25) is 0 Å². The van der Waals surface area contributed by atoms with Gasteiger partial charge in [-0.1, -0.05) is 17.7 Å². The number of nitrogens with two attached hydrogens (primary N) is 1. The zero-order chi connectivity index (χ0) is 20.0. The lowest BCUT2D eigenvalue weighted by atomic mass is 10.0. The third-order valence-corrected chi connectivity index (χ3v) is 6.01. The molecule has 0 bridgehead atoms. The van der Waals surface area contributed by atoms with Gasteiger partial charge in [-0.05, 0) is 25.8 Å². The first-order valence-corrected chi connectivity index (χ1v) is 10.2. The molecule has 1 aromatic rings. The van der Waals surface area contributed by atoms with Gasteiger partial charge >= 0.3 is 0 Å². The summed E-state index contributed by atoms with van der Waals surface area (Å²) in [5, 5.41) is 16.3. The second kappa shape index (κ2) is 10.6. The van der Waals surface area contributed by atoms with E-state index < -0.39 is 18.2 Å². The summed E-state index contributed by atoms with van der Waals surface area (Å²) in [7, 11) is 1.42. The van der Waals surface area contributed by atoms with Gasteiger partial charge in [0, 0.05) is 50.3 Å². The summed E-state index contributed by atoms with van der Waals surface area (Å²) in [5.41, 5.74) is 6.67. The Bertz CT molecular complexity index is 656. The SMILES string of the molecule is C/C=C(F)\C(Cl)=C(/C)C(CC(O)OC)NC(c1nccs1)N1CC[C@H](N)C1. The molecule has 0 amide bonds. The van der Waals surface area contributed by atoms with Gasteiger partial charge in [-0.25, -0.2) is 9.37 Å². The van der Waals surface area contributed by atoms with Gasteiger partial charge in [-0.2, -0.15) is 0 Å². The molecule has 0 aliphatic carbocycles. The predicted molar refractivity (Wildman–Crippen MR) is 107 cm³/mol. The maximum atomic E-state index is 14.0. The second-order valence-corrected chi connectivity index (χ2v) is 7.90. The van der Waals surface area contributed by atoms with Gasteiger partial charge in [0.05, 0.1) is 5.03 Å². The number of nitrogens with zero attached hydrogens (tertiary/aromatic N) is 2. The summed E-state index contributed by atoms with van der Waals surface area (Å²) in [6, 6.07) is -0.304. The lowest BCUT2D eigenvalue weighted by molar-refractivity contribution is -0.0829. The van der Waals surface area contributed by atoms with E-state index in [4.69, 9.17) is 22.1 Å². The molecule has 0 aromatic carbocycles. The highest BCUT2D eigenvalue weighted by molar-refractivity contribution is 7.09. The molecular formula is C18H28ClFN4O2S. The molecule has 2 rings (SSSR count). The molecule has 1 aromatic heterocycles. The molecule has 1 aliphatic heterocycles. The minimum atomic E-state index is -1.01. The molecule has 0 spiro atoms. The molecule has 1 aliphatic rings. The van der Waals surface area contributed by atoms with Gasteiger partial charge in [-0.3, -0.25) is 10.2 Å². The quantitative estimate of drug-likeness (QED) is 0.422. The van der Waals surface area contributed by atoms with Crippen LogP contribution in [0, 0.1) is 0 Å². The second-order valence-electron chi connectivity index (χ2n) is 6.60. The number of ether oxygens (including phenoxy) is 1. The zero-order valence-electron chi connectivity index (χ0n) is 15.9. The van der Waals surface area contributed by atoms with E-state index in [-0.39, 0.29) is 23.7 Å². The molecule has 4 atom stereocenters. The van der Waals surface area contributed by atoms with Crippen molar-refractivity contribution < 1.29 is 14.2 Å². The Morgan fingerprint density at radius 1 is 1.67 bits per heavy atom. The number of hydrogen-bond acceptors (Lipinski definition) is 7. The van der Waals surface area contributed by atoms with Crippen LogP contribution in [-0.4, -0.2) is 53.6 Å². The summed E-state index contributed by atoms with van der Waals surface area (Å²) in [5.74, 6) is -0.498. The van der Waals surface area contributed by atoms with Crippen molar-refractivity contribution in [2.75, 3.05) is 20.2 Å². The van der Waals surface area contributed by atoms with Crippen molar-refractivity contribution in [1.29, 1.82) is 0 Å². The molecule has 1 fully saturated rings. The van der Waals surface area contributed by atoms with Crippen LogP contribution < -0.4 is 11.1 Å². The summed E-state index contributed by atoms with van der Waals surface area (Å²) < 4.78 is 19.0. The van der Waals surface area contributed by atoms with E-state index in [1.807, 2.05) is 5.38 Å². The van der Waals surface area contributed by atoms with Crippen molar-refractivity contribution in [2.45, 2.75) is 51.2 Å². The molecule has 0 saturated carbocycles. The number of aromatic nitrogens is 1. The summed E-state index contributed by atoms with van der Waals surface area (Å²) in [6.07, 6.45) is 2.97. The highest BCUT2D eigenvalue weighted by atomic mass is 35.5. The Balaban J connectivity index is 2.32. The minimum Gasteiger partial charge on any atom is -0.368 e. The van der Waals surface area contributed by atoms with E-state index in [2.05, 4.69) is 15.2 Å². The van der Waals surface area contributed by atoms with Crippen LogP contribution in [0.3, 0.4) is 0 Å². The molecule has 9 heteroatoms. The van der Waals surface area contributed by atoms with Crippen molar-refractivity contribution in [2.24, 2.45) is 5.73 Å². The lowest BCUT2D eigenvalue weighted by Gasteiger charge is -2.32. The Morgan fingerprint density at radius 2 is 2.41 bits per heavy atom. The topological polar surface area (TPSA) is 83.6 Å². The van der Waals surface area contributed by atoms with E-state index in [0.29, 0.717) is 5.57 Å². The van der Waals surface area contributed by atoms with E-state index in [9.17, 15) is 9.50 Å². The summed E-state index contributed by atoms with van der Waals surface area (Å²) in [6.45, 7) is 4.90. The Kier molecular flexibility index (Phi) is 8.81. The van der Waals surface area contributed by atoms with Crippen molar-refractivity contribution >= 4 is 22.9 Å². The van der Waals surface area contributed by atoms with Crippen LogP contribution in [0.1, 0.15) is 37.9 Å². The van der Waals surface area contributed by atoms with Gasteiger partial charge in [0.15, 0.2) is 6.29 Å².